The zero-order valence-corrected chi connectivity index (χ0v) is 15.6. The molecule has 0 spiro atoms. The van der Waals surface area contributed by atoms with E-state index >= 15 is 0 Å². The lowest BCUT2D eigenvalue weighted by Crippen LogP contribution is -2.30. The minimum atomic E-state index is -1.05. The third-order valence-corrected chi connectivity index (χ3v) is 4.72. The fourth-order valence-corrected chi connectivity index (χ4v) is 2.92. The van der Waals surface area contributed by atoms with Crippen molar-refractivity contribution in [3.63, 3.8) is 0 Å². The fourth-order valence-electron chi connectivity index (χ4n) is 2.92. The van der Waals surface area contributed by atoms with Gasteiger partial charge in [0, 0.05) is 12.1 Å². The van der Waals surface area contributed by atoms with Crippen LogP contribution in [0, 0.1) is 15.5 Å². The lowest BCUT2D eigenvalue weighted by Gasteiger charge is -2.30. The van der Waals surface area contributed by atoms with Crippen LogP contribution >= 0.6 is 0 Å². The van der Waals surface area contributed by atoms with Crippen LogP contribution in [0.5, 0.6) is 0 Å². The van der Waals surface area contributed by atoms with Crippen LogP contribution in [0.3, 0.4) is 0 Å². The second-order valence-corrected chi connectivity index (χ2v) is 8.00. The Kier molecular flexibility index (Phi) is 5.62. The Morgan fingerprint density at radius 3 is 2.00 bits per heavy atom. The summed E-state index contributed by atoms with van der Waals surface area (Å²) < 4.78 is 0. The molecule has 0 saturated carbocycles. The van der Waals surface area contributed by atoms with Gasteiger partial charge < -0.3 is 9.90 Å². The number of aliphatic hydroxyl groups excluding tert-OH is 1. The molecule has 0 aliphatic rings. The maximum atomic E-state index is 11.8. The minimum absolute atomic E-state index is 0.0464. The van der Waals surface area contributed by atoms with E-state index in [4.69, 9.17) is 0 Å². The molecule has 0 bridgehead atoms. The van der Waals surface area contributed by atoms with Gasteiger partial charge in [0.2, 0.25) is 0 Å². The molecule has 0 fully saturated rings. The van der Waals surface area contributed by atoms with E-state index in [1.165, 1.54) is 29.8 Å². The van der Waals surface area contributed by atoms with Crippen LogP contribution in [0.1, 0.15) is 50.5 Å². The molecule has 0 radical (unpaired) electrons. The Morgan fingerprint density at radius 1 is 1.04 bits per heavy atom. The molecule has 0 aliphatic carbocycles. The molecule has 2 rings (SSSR count). The van der Waals surface area contributed by atoms with Crippen molar-refractivity contribution in [3.05, 3.63) is 75.3 Å². The summed E-state index contributed by atoms with van der Waals surface area (Å²) in [6, 6.07) is 13.7. The number of carbonyl (C=O) groups excluding carboxylic acids is 1. The SMILES string of the molecule is CC(C)(C)c1ccc(C[C@](C)(C=O)[C@@H](O)c2ccc([N+](=O)[O-])cc2)cc1. The molecule has 5 nitrogen and oxygen atoms in total. The molecule has 0 heterocycles. The lowest BCUT2D eigenvalue weighted by molar-refractivity contribution is -0.384. The van der Waals surface area contributed by atoms with Crippen LogP contribution in [-0.2, 0) is 16.6 Å². The van der Waals surface area contributed by atoms with E-state index in [0.29, 0.717) is 12.0 Å². The van der Waals surface area contributed by atoms with Gasteiger partial charge in [-0.05, 0) is 47.6 Å². The summed E-state index contributed by atoms with van der Waals surface area (Å²) in [5.74, 6) is 0. The summed E-state index contributed by atoms with van der Waals surface area (Å²) >= 11 is 0. The van der Waals surface area contributed by atoms with E-state index in [0.717, 1.165) is 11.8 Å². The first kappa shape index (κ1) is 19.8. The van der Waals surface area contributed by atoms with Crippen LogP contribution in [0.25, 0.3) is 0 Å². The van der Waals surface area contributed by atoms with Gasteiger partial charge in [-0.25, -0.2) is 0 Å². The van der Waals surface area contributed by atoms with E-state index < -0.39 is 16.4 Å². The van der Waals surface area contributed by atoms with Gasteiger partial charge >= 0.3 is 0 Å². The van der Waals surface area contributed by atoms with E-state index in [1.807, 2.05) is 24.3 Å². The highest BCUT2D eigenvalue weighted by Crippen LogP contribution is 2.36. The Morgan fingerprint density at radius 2 is 1.58 bits per heavy atom. The fraction of sp³-hybridized carbons (Fsp3) is 0.381. The molecular weight excluding hydrogens is 330 g/mol. The highest BCUT2D eigenvalue weighted by atomic mass is 16.6. The average molecular weight is 355 g/mol. The van der Waals surface area contributed by atoms with Gasteiger partial charge in [-0.2, -0.15) is 0 Å². The predicted octanol–water partition coefficient (Wildman–Crippen LogP) is 4.37. The first-order valence-corrected chi connectivity index (χ1v) is 8.55. The number of nitrogens with zero attached hydrogens (tertiary/aromatic N) is 1. The summed E-state index contributed by atoms with van der Waals surface area (Å²) in [5.41, 5.74) is 1.60. The minimum Gasteiger partial charge on any atom is -0.387 e. The highest BCUT2D eigenvalue weighted by molar-refractivity contribution is 5.61. The van der Waals surface area contributed by atoms with Crippen LogP contribution in [0.15, 0.2) is 48.5 Å². The van der Waals surface area contributed by atoms with E-state index in [9.17, 15) is 20.0 Å². The van der Waals surface area contributed by atoms with Crippen molar-refractivity contribution in [3.8, 4) is 0 Å². The Labute approximate surface area is 153 Å². The lowest BCUT2D eigenvalue weighted by atomic mass is 9.76. The molecule has 0 aliphatic heterocycles. The quantitative estimate of drug-likeness (QED) is 0.474. The molecule has 0 amide bonds. The molecule has 2 aromatic rings. The highest BCUT2D eigenvalue weighted by Gasteiger charge is 2.34. The smallest absolute Gasteiger partial charge is 0.269 e. The van der Waals surface area contributed by atoms with Crippen LogP contribution in [0.4, 0.5) is 5.69 Å². The second kappa shape index (κ2) is 7.38. The topological polar surface area (TPSA) is 80.4 Å². The molecule has 26 heavy (non-hydrogen) atoms. The monoisotopic (exact) mass is 355 g/mol. The van der Waals surface area contributed by atoms with Crippen molar-refractivity contribution >= 4 is 12.0 Å². The van der Waals surface area contributed by atoms with Gasteiger partial charge in [0.25, 0.3) is 5.69 Å². The standard InChI is InChI=1S/C21H25NO4/c1-20(2,3)17-9-5-15(6-10-17)13-21(4,14-23)19(24)16-7-11-18(12-8-16)22(25)26/h5-12,14,19,24H,13H2,1-4H3/t19-,21+/m0/s1. The van der Waals surface area contributed by atoms with Crippen LogP contribution in [0.2, 0.25) is 0 Å². The number of carbonyl (C=O) groups is 1. The normalized spacial score (nSPS) is 15.1. The number of nitro groups is 1. The summed E-state index contributed by atoms with van der Waals surface area (Å²) in [6.45, 7) is 8.10. The second-order valence-electron chi connectivity index (χ2n) is 8.00. The first-order valence-electron chi connectivity index (χ1n) is 8.55. The third kappa shape index (κ3) is 4.35. The predicted molar refractivity (Wildman–Crippen MR) is 101 cm³/mol. The number of aliphatic hydroxyl groups is 1. The molecule has 0 saturated heterocycles. The summed E-state index contributed by atoms with van der Waals surface area (Å²) in [4.78, 5) is 22.0. The Bertz CT molecular complexity index is 775. The van der Waals surface area contributed by atoms with Gasteiger partial charge in [-0.15, -0.1) is 0 Å². The molecular formula is C21H25NO4. The number of nitro benzene ring substituents is 1. The largest absolute Gasteiger partial charge is 0.387 e. The van der Waals surface area contributed by atoms with Gasteiger partial charge in [0.05, 0.1) is 16.4 Å². The zero-order chi connectivity index (χ0) is 19.5. The maximum absolute atomic E-state index is 11.8. The average Bonchev–Trinajstić information content (AvgIpc) is 2.60. The summed E-state index contributed by atoms with van der Waals surface area (Å²) in [5, 5.41) is 21.5. The number of hydrogen-bond donors (Lipinski definition) is 1. The van der Waals surface area contributed by atoms with Crippen molar-refractivity contribution in [1.29, 1.82) is 0 Å². The van der Waals surface area contributed by atoms with Crippen LogP contribution in [-0.4, -0.2) is 16.3 Å². The van der Waals surface area contributed by atoms with Gasteiger partial charge in [0.1, 0.15) is 6.29 Å². The number of aldehydes is 1. The number of benzene rings is 2. The van der Waals surface area contributed by atoms with Gasteiger partial charge in [-0.1, -0.05) is 45.0 Å². The number of rotatable bonds is 6. The third-order valence-electron chi connectivity index (χ3n) is 4.72. The number of hydrogen-bond acceptors (Lipinski definition) is 4. The first-order chi connectivity index (χ1) is 12.1. The molecule has 5 heteroatoms. The van der Waals surface area contributed by atoms with Crippen molar-refractivity contribution in [2.45, 2.75) is 45.6 Å². The molecule has 138 valence electrons. The van der Waals surface area contributed by atoms with Gasteiger partial charge in [0.15, 0.2) is 0 Å². The Balaban J connectivity index is 2.23. The van der Waals surface area contributed by atoms with E-state index in [1.54, 1.807) is 6.92 Å². The zero-order valence-electron chi connectivity index (χ0n) is 15.6. The van der Waals surface area contributed by atoms with Crippen LogP contribution < -0.4 is 0 Å². The van der Waals surface area contributed by atoms with Crippen molar-refractivity contribution in [1.82, 2.24) is 0 Å². The number of non-ortho nitro benzene ring substituents is 1. The molecule has 0 unspecified atom stereocenters. The molecule has 2 atom stereocenters. The summed E-state index contributed by atoms with van der Waals surface area (Å²) in [6.07, 6.45) is 0.0821. The molecule has 2 aromatic carbocycles. The maximum Gasteiger partial charge on any atom is 0.269 e. The Hall–Kier alpha value is -2.53. The van der Waals surface area contributed by atoms with Crippen molar-refractivity contribution in [2.24, 2.45) is 5.41 Å². The van der Waals surface area contributed by atoms with Crippen molar-refractivity contribution in [2.75, 3.05) is 0 Å². The van der Waals surface area contributed by atoms with Gasteiger partial charge in [-0.3, -0.25) is 10.1 Å². The molecule has 1 N–H and O–H groups in total. The van der Waals surface area contributed by atoms with E-state index in [2.05, 4.69) is 20.8 Å². The molecule has 0 aromatic heterocycles. The summed E-state index contributed by atoms with van der Waals surface area (Å²) in [7, 11) is 0. The van der Waals surface area contributed by atoms with Crippen molar-refractivity contribution < 1.29 is 14.8 Å². The van der Waals surface area contributed by atoms with E-state index in [-0.39, 0.29) is 11.1 Å².